The highest BCUT2D eigenvalue weighted by Crippen LogP contribution is 2.31. The van der Waals surface area contributed by atoms with Gasteiger partial charge in [0.25, 0.3) is 0 Å². The van der Waals surface area contributed by atoms with E-state index in [0.29, 0.717) is 22.7 Å². The molecule has 1 atom stereocenters. The SMILES string of the molecule is COc1ccc(-c2noc(C(=O)O)c2[C@@H](C)NC(=O)Nc2ccccc2)cc1. The number of aromatic nitrogens is 1. The zero-order valence-corrected chi connectivity index (χ0v) is 15.3. The van der Waals surface area contributed by atoms with E-state index in [2.05, 4.69) is 15.8 Å². The highest BCUT2D eigenvalue weighted by molar-refractivity contribution is 5.91. The summed E-state index contributed by atoms with van der Waals surface area (Å²) in [5.74, 6) is -0.932. The second kappa shape index (κ2) is 8.26. The lowest BCUT2D eigenvalue weighted by Gasteiger charge is -2.15. The first-order valence-corrected chi connectivity index (χ1v) is 8.49. The van der Waals surface area contributed by atoms with Crippen molar-refractivity contribution in [2.24, 2.45) is 0 Å². The molecule has 0 spiro atoms. The van der Waals surface area contributed by atoms with Crippen molar-refractivity contribution in [1.29, 1.82) is 0 Å². The van der Waals surface area contributed by atoms with Crippen molar-refractivity contribution in [3.63, 3.8) is 0 Å². The summed E-state index contributed by atoms with van der Waals surface area (Å²) in [6, 6.07) is 14.7. The molecule has 3 aromatic rings. The number of benzene rings is 2. The van der Waals surface area contributed by atoms with E-state index in [1.165, 1.54) is 0 Å². The predicted molar refractivity (Wildman–Crippen MR) is 102 cm³/mol. The summed E-state index contributed by atoms with van der Waals surface area (Å²) in [5.41, 5.74) is 1.88. The van der Waals surface area contributed by atoms with Gasteiger partial charge in [0.05, 0.1) is 18.7 Å². The minimum Gasteiger partial charge on any atom is -0.497 e. The topological polar surface area (TPSA) is 114 Å². The fourth-order valence-corrected chi connectivity index (χ4v) is 2.77. The van der Waals surface area contributed by atoms with Gasteiger partial charge in [0.2, 0.25) is 5.76 Å². The molecule has 0 saturated carbocycles. The molecule has 3 N–H and O–H groups in total. The molecule has 0 aliphatic heterocycles. The number of para-hydroxylation sites is 1. The standard InChI is InChI=1S/C20H19N3O5/c1-12(21-20(26)22-14-6-4-3-5-7-14)16-17(23-28-18(16)19(24)25)13-8-10-15(27-2)11-9-13/h3-12H,1-2H3,(H,24,25)(H2,21,22,26)/t12-/m1/s1. The summed E-state index contributed by atoms with van der Waals surface area (Å²) in [6.45, 7) is 1.66. The van der Waals surface area contributed by atoms with Gasteiger partial charge >= 0.3 is 12.0 Å². The Labute approximate surface area is 161 Å². The molecule has 0 aliphatic carbocycles. The molecule has 0 fully saturated rings. The molecule has 0 saturated heterocycles. The third-order valence-corrected chi connectivity index (χ3v) is 4.10. The van der Waals surface area contributed by atoms with Gasteiger partial charge in [0.15, 0.2) is 0 Å². The first-order chi connectivity index (χ1) is 13.5. The van der Waals surface area contributed by atoms with Crippen LogP contribution in [0.15, 0.2) is 59.1 Å². The Balaban J connectivity index is 1.87. The number of amides is 2. The van der Waals surface area contributed by atoms with E-state index in [4.69, 9.17) is 9.26 Å². The van der Waals surface area contributed by atoms with Crippen LogP contribution in [-0.2, 0) is 0 Å². The molecule has 1 heterocycles. The maximum atomic E-state index is 12.3. The van der Waals surface area contributed by atoms with Crippen LogP contribution in [0.5, 0.6) is 5.75 Å². The number of methoxy groups -OCH3 is 1. The Morgan fingerprint density at radius 3 is 2.39 bits per heavy atom. The molecular weight excluding hydrogens is 362 g/mol. The van der Waals surface area contributed by atoms with Gasteiger partial charge in [-0.1, -0.05) is 23.4 Å². The fourth-order valence-electron chi connectivity index (χ4n) is 2.77. The summed E-state index contributed by atoms with van der Waals surface area (Å²) in [5, 5.41) is 18.8. The number of urea groups is 1. The van der Waals surface area contributed by atoms with Crippen molar-refractivity contribution in [2.75, 3.05) is 12.4 Å². The number of nitrogens with one attached hydrogen (secondary N) is 2. The van der Waals surface area contributed by atoms with Crippen molar-refractivity contribution in [2.45, 2.75) is 13.0 Å². The monoisotopic (exact) mass is 381 g/mol. The van der Waals surface area contributed by atoms with E-state index < -0.39 is 18.0 Å². The largest absolute Gasteiger partial charge is 0.497 e. The van der Waals surface area contributed by atoms with Gasteiger partial charge in [-0.3, -0.25) is 0 Å². The highest BCUT2D eigenvalue weighted by Gasteiger charge is 2.28. The van der Waals surface area contributed by atoms with Gasteiger partial charge in [-0.25, -0.2) is 9.59 Å². The Hall–Kier alpha value is -3.81. The van der Waals surface area contributed by atoms with Crippen molar-refractivity contribution >= 4 is 17.7 Å². The van der Waals surface area contributed by atoms with Crippen molar-refractivity contribution in [1.82, 2.24) is 10.5 Å². The van der Waals surface area contributed by atoms with Crippen molar-refractivity contribution < 1.29 is 24.0 Å². The third-order valence-electron chi connectivity index (χ3n) is 4.10. The number of carboxylic acid groups (broad SMARTS) is 1. The maximum absolute atomic E-state index is 12.3. The summed E-state index contributed by atoms with van der Waals surface area (Å²) in [7, 11) is 1.55. The average Bonchev–Trinajstić information content (AvgIpc) is 3.14. The molecule has 0 radical (unpaired) electrons. The first-order valence-electron chi connectivity index (χ1n) is 8.49. The Bertz CT molecular complexity index is 967. The molecule has 28 heavy (non-hydrogen) atoms. The average molecular weight is 381 g/mol. The van der Waals surface area contributed by atoms with Crippen LogP contribution in [0.3, 0.4) is 0 Å². The zero-order chi connectivity index (χ0) is 20.1. The zero-order valence-electron chi connectivity index (χ0n) is 15.3. The number of ether oxygens (including phenoxy) is 1. The smallest absolute Gasteiger partial charge is 0.375 e. The van der Waals surface area contributed by atoms with Gasteiger partial charge in [0, 0.05) is 11.3 Å². The van der Waals surface area contributed by atoms with Crippen LogP contribution in [0, 0.1) is 0 Å². The molecular formula is C20H19N3O5. The van der Waals surface area contributed by atoms with E-state index in [-0.39, 0.29) is 11.3 Å². The maximum Gasteiger partial charge on any atom is 0.375 e. The Morgan fingerprint density at radius 1 is 1.11 bits per heavy atom. The Kier molecular flexibility index (Phi) is 5.59. The molecule has 2 amide bonds. The third kappa shape index (κ3) is 4.12. The van der Waals surface area contributed by atoms with Crippen LogP contribution in [0.2, 0.25) is 0 Å². The number of nitrogens with zero attached hydrogens (tertiary/aromatic N) is 1. The van der Waals surface area contributed by atoms with E-state index in [9.17, 15) is 14.7 Å². The molecule has 144 valence electrons. The molecule has 0 unspecified atom stereocenters. The summed E-state index contributed by atoms with van der Waals surface area (Å²) in [6.07, 6.45) is 0. The number of aromatic carboxylic acids is 1. The molecule has 8 nitrogen and oxygen atoms in total. The van der Waals surface area contributed by atoms with Crippen molar-refractivity contribution in [3.05, 3.63) is 65.9 Å². The van der Waals surface area contributed by atoms with Gasteiger partial charge in [-0.15, -0.1) is 0 Å². The van der Waals surface area contributed by atoms with Crippen LogP contribution < -0.4 is 15.4 Å². The van der Waals surface area contributed by atoms with Crippen LogP contribution >= 0.6 is 0 Å². The number of carboxylic acids is 1. The highest BCUT2D eigenvalue weighted by atomic mass is 16.5. The number of hydrogen-bond acceptors (Lipinski definition) is 5. The molecule has 0 aliphatic rings. The number of hydrogen-bond donors (Lipinski definition) is 3. The van der Waals surface area contributed by atoms with Crippen LogP contribution in [0.25, 0.3) is 11.3 Å². The van der Waals surface area contributed by atoms with E-state index in [1.54, 1.807) is 62.6 Å². The molecule has 8 heteroatoms. The lowest BCUT2D eigenvalue weighted by atomic mass is 10.0. The lowest BCUT2D eigenvalue weighted by molar-refractivity contribution is 0.0649. The van der Waals surface area contributed by atoms with E-state index >= 15 is 0 Å². The lowest BCUT2D eigenvalue weighted by Crippen LogP contribution is -2.31. The first kappa shape index (κ1) is 19.0. The number of rotatable bonds is 6. The van der Waals surface area contributed by atoms with Gasteiger partial charge in [-0.2, -0.15) is 0 Å². The van der Waals surface area contributed by atoms with E-state index in [1.807, 2.05) is 6.07 Å². The normalized spacial score (nSPS) is 11.5. The van der Waals surface area contributed by atoms with Gasteiger partial charge in [-0.05, 0) is 43.3 Å². The van der Waals surface area contributed by atoms with Crippen LogP contribution in [-0.4, -0.2) is 29.4 Å². The number of carbonyl (C=O) groups is 2. The quantitative estimate of drug-likeness (QED) is 0.596. The molecule has 3 rings (SSSR count). The number of anilines is 1. The van der Waals surface area contributed by atoms with Crippen LogP contribution in [0.1, 0.15) is 29.1 Å². The second-order valence-corrected chi connectivity index (χ2v) is 5.99. The van der Waals surface area contributed by atoms with E-state index in [0.717, 1.165) is 0 Å². The fraction of sp³-hybridized carbons (Fsp3) is 0.150. The minimum absolute atomic E-state index is 0.279. The second-order valence-electron chi connectivity index (χ2n) is 5.99. The molecule has 2 aromatic carbocycles. The molecule has 0 bridgehead atoms. The summed E-state index contributed by atoms with van der Waals surface area (Å²) >= 11 is 0. The van der Waals surface area contributed by atoms with Crippen molar-refractivity contribution in [3.8, 4) is 17.0 Å². The number of carbonyl (C=O) groups excluding carboxylic acids is 1. The van der Waals surface area contributed by atoms with Gasteiger partial charge in [0.1, 0.15) is 11.4 Å². The van der Waals surface area contributed by atoms with Crippen LogP contribution in [0.4, 0.5) is 10.5 Å². The molecule has 1 aromatic heterocycles. The Morgan fingerprint density at radius 2 is 1.79 bits per heavy atom. The predicted octanol–water partition coefficient (Wildman–Crippen LogP) is 3.93. The summed E-state index contributed by atoms with van der Waals surface area (Å²) < 4.78 is 10.2. The van der Waals surface area contributed by atoms with Gasteiger partial charge < -0.3 is 25.0 Å². The summed E-state index contributed by atoms with van der Waals surface area (Å²) in [4.78, 5) is 23.9. The minimum atomic E-state index is -1.26.